The van der Waals surface area contributed by atoms with Crippen LogP contribution in [0.4, 0.5) is 0 Å². The monoisotopic (exact) mass is 172 g/mol. The van der Waals surface area contributed by atoms with E-state index in [2.05, 4.69) is 4.90 Å². The second-order valence-corrected chi connectivity index (χ2v) is 3.21. The van der Waals surface area contributed by atoms with Gasteiger partial charge in [0.05, 0.1) is 5.92 Å². The number of carbonyl (C=O) groups excluding carboxylic acids is 1. The van der Waals surface area contributed by atoms with Crippen molar-refractivity contribution in [1.29, 1.82) is 0 Å². The Hall–Kier alpha value is -0.610. The van der Waals surface area contributed by atoms with Crippen LogP contribution in [-0.4, -0.2) is 44.2 Å². The molecule has 1 aliphatic heterocycles. The lowest BCUT2D eigenvalue weighted by molar-refractivity contribution is -0.126. The average molecular weight is 172 g/mol. The Morgan fingerprint density at radius 3 is 2.83 bits per heavy atom. The van der Waals surface area contributed by atoms with Gasteiger partial charge in [-0.2, -0.15) is 0 Å². The third-order valence-electron chi connectivity index (χ3n) is 2.18. The highest BCUT2D eigenvalue weighted by Crippen LogP contribution is 2.14. The molecule has 1 saturated heterocycles. The number of nitrogens with two attached hydrogens (primary N) is 1. The summed E-state index contributed by atoms with van der Waals surface area (Å²) in [5.41, 5.74) is 5.12. The van der Waals surface area contributed by atoms with Crippen molar-refractivity contribution in [3.05, 3.63) is 0 Å². The van der Waals surface area contributed by atoms with Crippen molar-refractivity contribution in [2.45, 2.75) is 6.42 Å². The molecule has 0 bridgehead atoms. The third kappa shape index (κ3) is 2.46. The fourth-order valence-corrected chi connectivity index (χ4v) is 1.36. The first-order valence-electron chi connectivity index (χ1n) is 4.24. The minimum atomic E-state index is -0.169. The Labute approximate surface area is 72.7 Å². The van der Waals surface area contributed by atoms with Gasteiger partial charge >= 0.3 is 0 Å². The maximum atomic E-state index is 10.6. The quantitative estimate of drug-likeness (QED) is 0.565. The summed E-state index contributed by atoms with van der Waals surface area (Å²) >= 11 is 0. The number of amides is 1. The van der Waals surface area contributed by atoms with Crippen molar-refractivity contribution in [3.63, 3.8) is 0 Å². The Morgan fingerprint density at radius 2 is 2.33 bits per heavy atom. The first-order chi connectivity index (χ1) is 5.74. The van der Waals surface area contributed by atoms with Gasteiger partial charge in [-0.3, -0.25) is 4.79 Å². The van der Waals surface area contributed by atoms with Gasteiger partial charge in [-0.25, -0.2) is 0 Å². The molecule has 0 radical (unpaired) electrons. The fourth-order valence-electron chi connectivity index (χ4n) is 1.36. The van der Waals surface area contributed by atoms with Crippen molar-refractivity contribution in [3.8, 4) is 0 Å². The van der Waals surface area contributed by atoms with Gasteiger partial charge < -0.3 is 15.4 Å². The van der Waals surface area contributed by atoms with E-state index in [1.165, 1.54) is 0 Å². The smallest absolute Gasteiger partial charge is 0.223 e. The van der Waals surface area contributed by atoms with Crippen LogP contribution in [0.25, 0.3) is 0 Å². The second-order valence-electron chi connectivity index (χ2n) is 3.21. The lowest BCUT2D eigenvalue weighted by atomic mass is 10.00. The zero-order valence-corrected chi connectivity index (χ0v) is 7.45. The van der Waals surface area contributed by atoms with Crippen LogP contribution in [-0.2, 0) is 9.53 Å². The maximum absolute atomic E-state index is 10.6. The molecule has 70 valence electrons. The zero-order chi connectivity index (χ0) is 8.97. The first kappa shape index (κ1) is 9.48. The fraction of sp³-hybridized carbons (Fsp3) is 0.875. The maximum Gasteiger partial charge on any atom is 0.223 e. The Kier molecular flexibility index (Phi) is 3.49. The van der Waals surface area contributed by atoms with Gasteiger partial charge in [0, 0.05) is 33.4 Å². The number of nitrogens with zero attached hydrogens (tertiary/aromatic N) is 1. The number of hydrogen-bond acceptors (Lipinski definition) is 3. The molecule has 1 amide bonds. The summed E-state index contributed by atoms with van der Waals surface area (Å²) in [4.78, 5) is 12.8. The van der Waals surface area contributed by atoms with E-state index in [1.54, 1.807) is 7.11 Å². The molecule has 0 aliphatic carbocycles. The van der Waals surface area contributed by atoms with E-state index in [-0.39, 0.29) is 11.8 Å². The Morgan fingerprint density at radius 1 is 1.67 bits per heavy atom. The lowest BCUT2D eigenvalue weighted by Crippen LogP contribution is -2.52. The summed E-state index contributed by atoms with van der Waals surface area (Å²) in [7, 11) is 1.70. The summed E-state index contributed by atoms with van der Waals surface area (Å²) in [6.07, 6.45) is 1.03. The van der Waals surface area contributed by atoms with Crippen LogP contribution in [0.3, 0.4) is 0 Å². The van der Waals surface area contributed by atoms with E-state index >= 15 is 0 Å². The average Bonchev–Trinajstić information content (AvgIpc) is 1.93. The van der Waals surface area contributed by atoms with Crippen LogP contribution < -0.4 is 5.73 Å². The largest absolute Gasteiger partial charge is 0.385 e. The highest BCUT2D eigenvalue weighted by molar-refractivity contribution is 5.78. The molecular weight excluding hydrogens is 156 g/mol. The summed E-state index contributed by atoms with van der Waals surface area (Å²) in [5.74, 6) is -0.0782. The molecule has 12 heavy (non-hydrogen) atoms. The third-order valence-corrected chi connectivity index (χ3v) is 2.18. The molecule has 1 aliphatic rings. The minimum Gasteiger partial charge on any atom is -0.385 e. The Balaban J connectivity index is 1.98. The van der Waals surface area contributed by atoms with Crippen LogP contribution in [0.2, 0.25) is 0 Å². The molecular formula is C8H16N2O2. The summed E-state index contributed by atoms with van der Waals surface area (Å²) in [5, 5.41) is 0. The first-order valence-corrected chi connectivity index (χ1v) is 4.24. The number of hydrogen-bond donors (Lipinski definition) is 1. The highest BCUT2D eigenvalue weighted by atomic mass is 16.5. The van der Waals surface area contributed by atoms with Gasteiger partial charge in [-0.15, -0.1) is 0 Å². The van der Waals surface area contributed by atoms with Crippen LogP contribution in [0.15, 0.2) is 0 Å². The summed E-state index contributed by atoms with van der Waals surface area (Å²) in [6, 6.07) is 0. The second kappa shape index (κ2) is 4.42. The summed E-state index contributed by atoms with van der Waals surface area (Å²) < 4.78 is 4.92. The van der Waals surface area contributed by atoms with Crippen LogP contribution in [0.5, 0.6) is 0 Å². The van der Waals surface area contributed by atoms with E-state index in [0.717, 1.165) is 32.7 Å². The van der Waals surface area contributed by atoms with E-state index in [9.17, 15) is 4.79 Å². The number of carbonyl (C=O) groups is 1. The van der Waals surface area contributed by atoms with Crippen molar-refractivity contribution in [2.24, 2.45) is 11.7 Å². The predicted octanol–water partition coefficient (Wildman–Crippen LogP) is -0.560. The van der Waals surface area contributed by atoms with Crippen LogP contribution in [0.1, 0.15) is 6.42 Å². The summed E-state index contributed by atoms with van der Waals surface area (Å²) in [6.45, 7) is 3.47. The van der Waals surface area contributed by atoms with Crippen LogP contribution in [0, 0.1) is 5.92 Å². The lowest BCUT2D eigenvalue weighted by Gasteiger charge is -2.37. The topological polar surface area (TPSA) is 55.6 Å². The predicted molar refractivity (Wildman–Crippen MR) is 45.6 cm³/mol. The van der Waals surface area contributed by atoms with Crippen molar-refractivity contribution in [1.82, 2.24) is 4.90 Å². The molecule has 1 fully saturated rings. The van der Waals surface area contributed by atoms with E-state index in [1.807, 2.05) is 0 Å². The molecule has 2 N–H and O–H groups in total. The van der Waals surface area contributed by atoms with Crippen molar-refractivity contribution in [2.75, 3.05) is 33.4 Å². The number of primary amides is 1. The van der Waals surface area contributed by atoms with Gasteiger partial charge in [0.15, 0.2) is 0 Å². The number of likely N-dealkylation sites (tertiary alicyclic amines) is 1. The van der Waals surface area contributed by atoms with Crippen LogP contribution >= 0.6 is 0 Å². The molecule has 0 aromatic rings. The Bertz CT molecular complexity index is 155. The molecule has 4 nitrogen and oxygen atoms in total. The van der Waals surface area contributed by atoms with Crippen molar-refractivity contribution >= 4 is 5.91 Å². The van der Waals surface area contributed by atoms with Gasteiger partial charge in [0.25, 0.3) is 0 Å². The van der Waals surface area contributed by atoms with E-state index < -0.39 is 0 Å². The SMILES string of the molecule is COCCCN1CC(C(N)=O)C1. The molecule has 4 heteroatoms. The number of methoxy groups -OCH3 is 1. The normalized spacial score (nSPS) is 19.1. The number of rotatable bonds is 5. The highest BCUT2D eigenvalue weighted by Gasteiger charge is 2.29. The molecule has 1 heterocycles. The molecule has 0 atom stereocenters. The molecule has 0 unspecified atom stereocenters. The van der Waals surface area contributed by atoms with E-state index in [4.69, 9.17) is 10.5 Å². The molecule has 0 aromatic heterocycles. The van der Waals surface area contributed by atoms with Gasteiger partial charge in [-0.1, -0.05) is 0 Å². The van der Waals surface area contributed by atoms with Gasteiger partial charge in [0.2, 0.25) is 5.91 Å². The number of ether oxygens (including phenoxy) is 1. The van der Waals surface area contributed by atoms with Crippen molar-refractivity contribution < 1.29 is 9.53 Å². The minimum absolute atomic E-state index is 0.0903. The standard InChI is InChI=1S/C8H16N2O2/c1-12-4-2-3-10-5-7(6-10)8(9)11/h7H,2-6H2,1H3,(H2,9,11). The van der Waals surface area contributed by atoms with Gasteiger partial charge in [-0.05, 0) is 6.42 Å². The van der Waals surface area contributed by atoms with E-state index in [0.29, 0.717) is 0 Å². The molecule has 0 spiro atoms. The van der Waals surface area contributed by atoms with Gasteiger partial charge in [0.1, 0.15) is 0 Å². The molecule has 0 saturated carbocycles. The zero-order valence-electron chi connectivity index (χ0n) is 7.45. The molecule has 1 rings (SSSR count). The molecule has 0 aromatic carbocycles.